The lowest BCUT2D eigenvalue weighted by Gasteiger charge is -2.07. The molecule has 3 aromatic rings. The Kier molecular flexibility index (Phi) is 5.58. The van der Waals surface area contributed by atoms with E-state index in [2.05, 4.69) is 12.2 Å². The monoisotopic (exact) mass is 367 g/mol. The van der Waals surface area contributed by atoms with Gasteiger partial charge in [0.25, 0.3) is 5.91 Å². The van der Waals surface area contributed by atoms with Gasteiger partial charge in [-0.15, -0.1) is 11.3 Å². The molecule has 0 aliphatic carbocycles. The number of thiophene rings is 1. The molecule has 0 aliphatic rings. The molecule has 2 aromatic carbocycles. The van der Waals surface area contributed by atoms with E-state index in [1.807, 2.05) is 60.8 Å². The lowest BCUT2D eigenvalue weighted by Crippen LogP contribution is -2.10. The van der Waals surface area contributed by atoms with Gasteiger partial charge < -0.3 is 14.8 Å². The van der Waals surface area contributed by atoms with E-state index in [0.29, 0.717) is 11.5 Å². The highest BCUT2D eigenvalue weighted by atomic mass is 32.1. The number of anilines is 1. The summed E-state index contributed by atoms with van der Waals surface area (Å²) in [6.45, 7) is 4.50. The van der Waals surface area contributed by atoms with Crippen molar-refractivity contribution in [1.29, 1.82) is 0 Å². The van der Waals surface area contributed by atoms with Crippen LogP contribution in [0.1, 0.15) is 26.4 Å². The molecule has 0 saturated carbocycles. The van der Waals surface area contributed by atoms with Crippen LogP contribution in [0.4, 0.5) is 5.69 Å². The lowest BCUT2D eigenvalue weighted by atomic mass is 10.1. The Hall–Kier alpha value is -2.79. The van der Waals surface area contributed by atoms with Gasteiger partial charge in [0.05, 0.1) is 12.0 Å². The zero-order chi connectivity index (χ0) is 18.5. The SMILES string of the molecule is COc1ccc(OCc2csc(C(=O)Nc3ccc(C)c(C)c3)c2)cc1. The largest absolute Gasteiger partial charge is 0.497 e. The summed E-state index contributed by atoms with van der Waals surface area (Å²) in [5, 5.41) is 4.89. The molecular formula is C21H21NO3S. The average molecular weight is 367 g/mol. The van der Waals surface area contributed by atoms with Crippen LogP contribution in [-0.2, 0) is 6.61 Å². The van der Waals surface area contributed by atoms with Crippen molar-refractivity contribution in [3.63, 3.8) is 0 Å². The maximum Gasteiger partial charge on any atom is 0.265 e. The summed E-state index contributed by atoms with van der Waals surface area (Å²) in [4.78, 5) is 13.1. The summed E-state index contributed by atoms with van der Waals surface area (Å²) in [5.41, 5.74) is 4.14. The van der Waals surface area contributed by atoms with Crippen LogP contribution in [0.2, 0.25) is 0 Å². The molecule has 0 saturated heterocycles. The van der Waals surface area contributed by atoms with Gasteiger partial charge in [-0.1, -0.05) is 6.07 Å². The fraction of sp³-hybridized carbons (Fsp3) is 0.190. The van der Waals surface area contributed by atoms with Crippen LogP contribution < -0.4 is 14.8 Å². The van der Waals surface area contributed by atoms with E-state index in [1.165, 1.54) is 16.9 Å². The molecule has 26 heavy (non-hydrogen) atoms. The summed E-state index contributed by atoms with van der Waals surface area (Å²) in [5.74, 6) is 1.45. The second-order valence-corrected chi connectivity index (χ2v) is 6.95. The van der Waals surface area contributed by atoms with Crippen LogP contribution in [0.25, 0.3) is 0 Å². The molecule has 1 aromatic heterocycles. The molecule has 1 N–H and O–H groups in total. The summed E-state index contributed by atoms with van der Waals surface area (Å²) < 4.78 is 10.9. The van der Waals surface area contributed by atoms with Gasteiger partial charge in [0.2, 0.25) is 0 Å². The summed E-state index contributed by atoms with van der Waals surface area (Å²) in [6.07, 6.45) is 0. The van der Waals surface area contributed by atoms with Gasteiger partial charge in [-0.25, -0.2) is 0 Å². The quantitative estimate of drug-likeness (QED) is 0.651. The van der Waals surface area contributed by atoms with Gasteiger partial charge in [-0.05, 0) is 72.8 Å². The van der Waals surface area contributed by atoms with Crippen LogP contribution in [0, 0.1) is 13.8 Å². The van der Waals surface area contributed by atoms with Crippen molar-refractivity contribution in [3.8, 4) is 11.5 Å². The van der Waals surface area contributed by atoms with Crippen LogP contribution in [-0.4, -0.2) is 13.0 Å². The first-order chi connectivity index (χ1) is 12.5. The second-order valence-electron chi connectivity index (χ2n) is 6.04. The number of rotatable bonds is 6. The minimum absolute atomic E-state index is 0.103. The van der Waals surface area contributed by atoms with Crippen LogP contribution in [0.15, 0.2) is 53.9 Å². The van der Waals surface area contributed by atoms with Gasteiger partial charge in [0.15, 0.2) is 0 Å². The van der Waals surface area contributed by atoms with E-state index < -0.39 is 0 Å². The number of hydrogen-bond donors (Lipinski definition) is 1. The number of amides is 1. The highest BCUT2D eigenvalue weighted by molar-refractivity contribution is 7.12. The molecule has 1 amide bonds. The molecule has 0 spiro atoms. The highest BCUT2D eigenvalue weighted by Gasteiger charge is 2.10. The number of hydrogen-bond acceptors (Lipinski definition) is 4. The van der Waals surface area contributed by atoms with Crippen molar-refractivity contribution < 1.29 is 14.3 Å². The van der Waals surface area contributed by atoms with Gasteiger partial charge in [-0.2, -0.15) is 0 Å². The van der Waals surface area contributed by atoms with Crippen LogP contribution in [0.5, 0.6) is 11.5 Å². The zero-order valence-electron chi connectivity index (χ0n) is 15.0. The van der Waals surface area contributed by atoms with Crippen molar-refractivity contribution in [3.05, 3.63) is 75.5 Å². The van der Waals surface area contributed by atoms with Gasteiger partial charge in [0, 0.05) is 11.3 Å². The topological polar surface area (TPSA) is 47.6 Å². The van der Waals surface area contributed by atoms with Crippen molar-refractivity contribution in [1.82, 2.24) is 0 Å². The molecule has 0 unspecified atom stereocenters. The van der Waals surface area contributed by atoms with Crippen molar-refractivity contribution >= 4 is 22.9 Å². The smallest absolute Gasteiger partial charge is 0.265 e. The van der Waals surface area contributed by atoms with Crippen LogP contribution >= 0.6 is 11.3 Å². The molecule has 134 valence electrons. The first-order valence-electron chi connectivity index (χ1n) is 8.28. The molecule has 0 atom stereocenters. The number of carbonyl (C=O) groups is 1. The minimum Gasteiger partial charge on any atom is -0.497 e. The van der Waals surface area contributed by atoms with Crippen LogP contribution in [0.3, 0.4) is 0 Å². The zero-order valence-corrected chi connectivity index (χ0v) is 15.9. The fourth-order valence-electron chi connectivity index (χ4n) is 2.42. The maximum absolute atomic E-state index is 12.4. The third kappa shape index (κ3) is 4.43. The predicted octanol–water partition coefficient (Wildman–Crippen LogP) is 5.20. The third-order valence-corrected chi connectivity index (χ3v) is 5.09. The second kappa shape index (κ2) is 8.06. The Morgan fingerprint density at radius 1 is 1.00 bits per heavy atom. The number of benzene rings is 2. The first kappa shape index (κ1) is 18.0. The Balaban J connectivity index is 1.59. The standard InChI is InChI=1S/C21H21NO3S/c1-14-4-5-17(10-15(14)2)22-21(23)20-11-16(13-26-20)12-25-19-8-6-18(24-3)7-9-19/h4-11,13H,12H2,1-3H3,(H,22,23). The number of ether oxygens (including phenoxy) is 2. The number of carbonyl (C=O) groups excluding carboxylic acids is 1. The maximum atomic E-state index is 12.4. The van der Waals surface area contributed by atoms with Crippen molar-refractivity contribution in [2.45, 2.75) is 20.5 Å². The fourth-order valence-corrected chi connectivity index (χ4v) is 3.21. The Morgan fingerprint density at radius 3 is 2.42 bits per heavy atom. The number of methoxy groups -OCH3 is 1. The molecule has 3 rings (SSSR count). The Labute approximate surface area is 157 Å². The van der Waals surface area contributed by atoms with E-state index >= 15 is 0 Å². The van der Waals surface area contributed by atoms with Gasteiger partial charge >= 0.3 is 0 Å². The number of nitrogens with one attached hydrogen (secondary N) is 1. The van der Waals surface area contributed by atoms with Crippen molar-refractivity contribution in [2.24, 2.45) is 0 Å². The Bertz CT molecular complexity index is 900. The minimum atomic E-state index is -0.103. The summed E-state index contributed by atoms with van der Waals surface area (Å²) in [7, 11) is 1.63. The Morgan fingerprint density at radius 2 is 1.73 bits per heavy atom. The van der Waals surface area contributed by atoms with E-state index in [9.17, 15) is 4.79 Å². The van der Waals surface area contributed by atoms with E-state index in [1.54, 1.807) is 7.11 Å². The molecule has 5 heteroatoms. The molecule has 0 fully saturated rings. The average Bonchev–Trinajstić information content (AvgIpc) is 3.13. The molecular weight excluding hydrogens is 346 g/mol. The van der Waals surface area contributed by atoms with Gasteiger partial charge in [0.1, 0.15) is 18.1 Å². The molecule has 0 bridgehead atoms. The van der Waals surface area contributed by atoms with E-state index in [0.717, 1.165) is 28.3 Å². The molecule has 0 radical (unpaired) electrons. The van der Waals surface area contributed by atoms with Crippen molar-refractivity contribution in [2.75, 3.05) is 12.4 Å². The highest BCUT2D eigenvalue weighted by Crippen LogP contribution is 2.22. The summed E-state index contributed by atoms with van der Waals surface area (Å²) in [6, 6.07) is 15.2. The molecule has 4 nitrogen and oxygen atoms in total. The molecule has 1 heterocycles. The first-order valence-corrected chi connectivity index (χ1v) is 9.16. The third-order valence-electron chi connectivity index (χ3n) is 4.11. The summed E-state index contributed by atoms with van der Waals surface area (Å²) >= 11 is 1.41. The normalized spacial score (nSPS) is 10.4. The number of aryl methyl sites for hydroxylation is 2. The lowest BCUT2D eigenvalue weighted by molar-refractivity contribution is 0.103. The molecule has 0 aliphatic heterocycles. The van der Waals surface area contributed by atoms with E-state index in [4.69, 9.17) is 9.47 Å². The predicted molar refractivity (Wildman–Crippen MR) is 106 cm³/mol. The van der Waals surface area contributed by atoms with E-state index in [-0.39, 0.29) is 5.91 Å². The van der Waals surface area contributed by atoms with Gasteiger partial charge in [-0.3, -0.25) is 4.79 Å².